The van der Waals surface area contributed by atoms with Crippen molar-refractivity contribution in [2.45, 2.75) is 111 Å². The molecule has 2 atom stereocenters. The Morgan fingerprint density at radius 1 is 0.804 bits per heavy atom. The molecule has 0 aliphatic carbocycles. The van der Waals surface area contributed by atoms with Crippen LogP contribution in [-0.4, -0.2) is 78.4 Å². The molecular formula is C38H54FN11O. The molecule has 4 aromatic heterocycles. The number of nitriles is 1. The van der Waals surface area contributed by atoms with Gasteiger partial charge in [0.1, 0.15) is 24.4 Å². The molecule has 4 aromatic rings. The summed E-state index contributed by atoms with van der Waals surface area (Å²) < 4.78 is 18.4. The van der Waals surface area contributed by atoms with Gasteiger partial charge in [0.15, 0.2) is 0 Å². The standard InChI is InChI=1S/C12H19N3O.C11H16FN3.C8H9N3.C7H10N2/c1-9(2)11-5-6-13-12(15-11)14-10-4-3-7-16-8-10;1-8(2)10-3-5-13-11(14-10)15-6-4-9(12)7-15;1-6(2)8-10-4-7(3-9)5-11-8;1-6(2)7-3-4-8-5-9-7/h5-6,9-10H,3-4,7-8H2,1-2H3,(H,13,14,15);3,5,8-9H,4,6-7H2,1-2H3;4-6H,1-2H3;3-6H,1-2H3. The van der Waals surface area contributed by atoms with E-state index in [1.54, 1.807) is 31.1 Å². The SMILES string of the molecule is CC(C)c1ccnc(N2CCC(F)C2)n1.CC(C)c1ccnc(NC2CCCOC2)n1.CC(C)c1ccncn1.CC(C)c1ncc(C#N)cn1. The van der Waals surface area contributed by atoms with Crippen LogP contribution in [0.4, 0.5) is 16.3 Å². The minimum atomic E-state index is -0.726. The molecule has 2 aliphatic rings. The predicted molar refractivity (Wildman–Crippen MR) is 198 cm³/mol. The summed E-state index contributed by atoms with van der Waals surface area (Å²) in [6.45, 7) is 19.5. The van der Waals surface area contributed by atoms with E-state index in [1.165, 1.54) is 0 Å². The summed E-state index contributed by atoms with van der Waals surface area (Å²) >= 11 is 0. The van der Waals surface area contributed by atoms with Crippen molar-refractivity contribution in [2.24, 2.45) is 0 Å². The van der Waals surface area contributed by atoms with Gasteiger partial charge in [0.05, 0.1) is 24.8 Å². The Labute approximate surface area is 302 Å². The summed E-state index contributed by atoms with van der Waals surface area (Å²) in [6, 6.07) is 8.14. The van der Waals surface area contributed by atoms with Gasteiger partial charge in [-0.3, -0.25) is 0 Å². The third kappa shape index (κ3) is 14.6. The zero-order valence-electron chi connectivity index (χ0n) is 31.4. The molecule has 0 saturated carbocycles. The third-order valence-corrected chi connectivity index (χ3v) is 7.95. The topological polar surface area (TPSA) is 151 Å². The molecule has 2 fully saturated rings. The van der Waals surface area contributed by atoms with Crippen LogP contribution in [0.3, 0.4) is 0 Å². The van der Waals surface area contributed by atoms with Crippen LogP contribution in [0.2, 0.25) is 0 Å². The Kier molecular flexibility index (Phi) is 17.2. The zero-order valence-corrected chi connectivity index (χ0v) is 31.4. The monoisotopic (exact) mass is 699 g/mol. The quantitative estimate of drug-likeness (QED) is 0.204. The third-order valence-electron chi connectivity index (χ3n) is 7.95. The molecule has 51 heavy (non-hydrogen) atoms. The fraction of sp³-hybridized carbons (Fsp3) is 0.553. The van der Waals surface area contributed by atoms with Gasteiger partial charge in [-0.2, -0.15) is 5.26 Å². The molecule has 0 radical (unpaired) electrons. The minimum Gasteiger partial charge on any atom is -0.379 e. The molecule has 2 unspecified atom stereocenters. The number of ether oxygens (including phenoxy) is 1. The van der Waals surface area contributed by atoms with E-state index >= 15 is 0 Å². The average Bonchev–Trinajstić information content (AvgIpc) is 3.59. The summed E-state index contributed by atoms with van der Waals surface area (Å²) in [4.78, 5) is 35.2. The van der Waals surface area contributed by atoms with Gasteiger partial charge in [-0.1, -0.05) is 55.4 Å². The molecule has 0 bridgehead atoms. The van der Waals surface area contributed by atoms with Crippen molar-refractivity contribution in [1.82, 2.24) is 39.9 Å². The number of hydrogen-bond donors (Lipinski definition) is 1. The number of aromatic nitrogens is 8. The first kappa shape index (κ1) is 40.7. The van der Waals surface area contributed by atoms with Crippen molar-refractivity contribution in [3.8, 4) is 6.07 Å². The Balaban J connectivity index is 0.000000188. The molecule has 2 aliphatic heterocycles. The number of rotatable bonds is 7. The second-order valence-electron chi connectivity index (χ2n) is 13.7. The molecule has 0 amide bonds. The summed E-state index contributed by atoms with van der Waals surface area (Å²) in [5.74, 6) is 3.82. The highest BCUT2D eigenvalue weighted by molar-refractivity contribution is 5.33. The molecule has 13 heteroatoms. The predicted octanol–water partition coefficient (Wildman–Crippen LogP) is 7.41. The van der Waals surface area contributed by atoms with Crippen LogP contribution in [0.5, 0.6) is 0 Å². The van der Waals surface area contributed by atoms with E-state index in [1.807, 2.05) is 49.2 Å². The number of alkyl halides is 1. The van der Waals surface area contributed by atoms with E-state index in [9.17, 15) is 4.39 Å². The molecule has 12 nitrogen and oxygen atoms in total. The first-order valence-corrected chi connectivity index (χ1v) is 17.8. The molecule has 6 rings (SSSR count). The second-order valence-corrected chi connectivity index (χ2v) is 13.7. The van der Waals surface area contributed by atoms with Gasteiger partial charge >= 0.3 is 0 Å². The lowest BCUT2D eigenvalue weighted by molar-refractivity contribution is 0.0874. The van der Waals surface area contributed by atoms with Gasteiger partial charge in [0, 0.05) is 67.1 Å². The molecule has 0 aromatic carbocycles. The lowest BCUT2D eigenvalue weighted by atomic mass is 10.1. The van der Waals surface area contributed by atoms with Gasteiger partial charge in [-0.05, 0) is 55.2 Å². The van der Waals surface area contributed by atoms with Gasteiger partial charge in [-0.25, -0.2) is 44.3 Å². The maximum absolute atomic E-state index is 13.0. The molecule has 2 saturated heterocycles. The van der Waals surface area contributed by atoms with Gasteiger partial charge in [0.25, 0.3) is 0 Å². The van der Waals surface area contributed by atoms with Gasteiger partial charge < -0.3 is 15.0 Å². The van der Waals surface area contributed by atoms with Crippen LogP contribution in [0, 0.1) is 11.3 Å². The Bertz CT molecular complexity index is 1590. The van der Waals surface area contributed by atoms with Crippen molar-refractivity contribution in [3.05, 3.63) is 84.0 Å². The highest BCUT2D eigenvalue weighted by Crippen LogP contribution is 2.20. The maximum atomic E-state index is 13.0. The fourth-order valence-corrected chi connectivity index (χ4v) is 4.87. The fourth-order valence-electron chi connectivity index (χ4n) is 4.87. The van der Waals surface area contributed by atoms with Crippen LogP contribution >= 0.6 is 0 Å². The van der Waals surface area contributed by atoms with Crippen molar-refractivity contribution in [2.75, 3.05) is 36.5 Å². The summed E-state index contributed by atoms with van der Waals surface area (Å²) in [5, 5.41) is 11.8. The largest absolute Gasteiger partial charge is 0.379 e. The first-order valence-electron chi connectivity index (χ1n) is 17.8. The second kappa shape index (κ2) is 21.5. The van der Waals surface area contributed by atoms with E-state index in [0.717, 1.165) is 61.5 Å². The Morgan fingerprint density at radius 2 is 1.45 bits per heavy atom. The molecule has 0 spiro atoms. The van der Waals surface area contributed by atoms with E-state index in [-0.39, 0.29) is 0 Å². The van der Waals surface area contributed by atoms with Crippen molar-refractivity contribution in [3.63, 3.8) is 0 Å². The van der Waals surface area contributed by atoms with E-state index < -0.39 is 6.17 Å². The number of anilines is 2. The van der Waals surface area contributed by atoms with E-state index in [2.05, 4.69) is 86.7 Å². The molecule has 1 N–H and O–H groups in total. The Morgan fingerprint density at radius 3 is 1.96 bits per heavy atom. The lowest BCUT2D eigenvalue weighted by Gasteiger charge is -2.23. The van der Waals surface area contributed by atoms with Crippen LogP contribution in [-0.2, 0) is 4.74 Å². The number of hydrogen-bond acceptors (Lipinski definition) is 12. The van der Waals surface area contributed by atoms with Crippen LogP contribution in [0.1, 0.15) is 127 Å². The highest BCUT2D eigenvalue weighted by atomic mass is 19.1. The molecular weight excluding hydrogens is 645 g/mol. The number of nitrogens with one attached hydrogen (secondary N) is 1. The van der Waals surface area contributed by atoms with Crippen LogP contribution < -0.4 is 10.2 Å². The Hall–Kier alpha value is -4.70. The van der Waals surface area contributed by atoms with Gasteiger partial charge in [-0.15, -0.1) is 0 Å². The number of nitrogens with zero attached hydrogens (tertiary/aromatic N) is 10. The summed E-state index contributed by atoms with van der Waals surface area (Å²) in [6.07, 6.45) is 12.1. The zero-order chi connectivity index (χ0) is 37.2. The lowest BCUT2D eigenvalue weighted by Crippen LogP contribution is -2.30. The van der Waals surface area contributed by atoms with E-state index in [0.29, 0.717) is 54.2 Å². The van der Waals surface area contributed by atoms with Gasteiger partial charge in [0.2, 0.25) is 11.9 Å². The smallest absolute Gasteiger partial charge is 0.225 e. The van der Waals surface area contributed by atoms with Crippen molar-refractivity contribution < 1.29 is 9.13 Å². The highest BCUT2D eigenvalue weighted by Gasteiger charge is 2.24. The van der Waals surface area contributed by atoms with Crippen LogP contribution in [0.25, 0.3) is 0 Å². The first-order chi connectivity index (χ1) is 24.5. The maximum Gasteiger partial charge on any atom is 0.225 e. The number of halogens is 1. The summed E-state index contributed by atoms with van der Waals surface area (Å²) in [7, 11) is 0. The minimum absolute atomic E-state index is 0.322. The summed E-state index contributed by atoms with van der Waals surface area (Å²) in [5.41, 5.74) is 3.70. The normalized spacial score (nSPS) is 16.7. The molecule has 6 heterocycles. The molecule has 274 valence electrons. The average molecular weight is 700 g/mol. The van der Waals surface area contributed by atoms with E-state index in [4.69, 9.17) is 10.00 Å². The van der Waals surface area contributed by atoms with Crippen molar-refractivity contribution in [1.29, 1.82) is 5.26 Å². The van der Waals surface area contributed by atoms with Crippen molar-refractivity contribution >= 4 is 11.9 Å². The van der Waals surface area contributed by atoms with Crippen LogP contribution in [0.15, 0.2) is 55.5 Å².